The van der Waals surface area contributed by atoms with Crippen LogP contribution in [0.15, 0.2) is 0 Å². The molecule has 2 rings (SSSR count). The van der Waals surface area contributed by atoms with Crippen LogP contribution < -0.4 is 10.1 Å². The summed E-state index contributed by atoms with van der Waals surface area (Å²) in [5.41, 5.74) is 0. The third-order valence-electron chi connectivity index (χ3n) is 3.68. The quantitative estimate of drug-likeness (QED) is 0.898. The Kier molecular flexibility index (Phi) is 5.40. The Labute approximate surface area is 125 Å². The molecule has 20 heavy (non-hydrogen) atoms. The molecule has 0 spiro atoms. The highest BCUT2D eigenvalue weighted by atomic mass is 35.5. The highest BCUT2D eigenvalue weighted by Crippen LogP contribution is 2.29. The molecule has 0 radical (unpaired) electrons. The fourth-order valence-corrected chi connectivity index (χ4v) is 2.86. The number of aromatic nitrogens is 3. The molecule has 5 nitrogen and oxygen atoms in total. The second-order valence-corrected chi connectivity index (χ2v) is 5.92. The number of nitrogens with zero attached hydrogens (tertiary/aromatic N) is 3. The zero-order valence-corrected chi connectivity index (χ0v) is 13.2. The number of rotatable bonds is 5. The van der Waals surface area contributed by atoms with Crippen molar-refractivity contribution in [2.24, 2.45) is 5.92 Å². The Hall–Kier alpha value is -1.10. The fourth-order valence-electron chi connectivity index (χ4n) is 2.71. The van der Waals surface area contributed by atoms with E-state index < -0.39 is 0 Å². The first-order valence-electron chi connectivity index (χ1n) is 7.43. The van der Waals surface area contributed by atoms with Gasteiger partial charge in [0, 0.05) is 6.04 Å². The SMILES string of the molecule is CCC1CCCCC1Nc1nc(Cl)nc(OC(C)C)n1. The Morgan fingerprint density at radius 3 is 2.70 bits per heavy atom. The van der Waals surface area contributed by atoms with Crippen molar-refractivity contribution in [1.82, 2.24) is 15.0 Å². The minimum atomic E-state index is 0.0133. The Balaban J connectivity index is 2.09. The highest BCUT2D eigenvalue weighted by Gasteiger charge is 2.24. The molecule has 1 aromatic rings. The maximum atomic E-state index is 5.94. The van der Waals surface area contributed by atoms with Crippen LogP contribution in [-0.2, 0) is 0 Å². The van der Waals surface area contributed by atoms with E-state index in [0.29, 0.717) is 17.9 Å². The first-order chi connectivity index (χ1) is 9.58. The van der Waals surface area contributed by atoms with Gasteiger partial charge in [0.25, 0.3) is 0 Å². The summed E-state index contributed by atoms with van der Waals surface area (Å²) in [5.74, 6) is 1.19. The zero-order valence-electron chi connectivity index (χ0n) is 12.4. The largest absolute Gasteiger partial charge is 0.461 e. The van der Waals surface area contributed by atoms with Crippen molar-refractivity contribution in [1.29, 1.82) is 0 Å². The minimum Gasteiger partial charge on any atom is -0.461 e. The number of hydrogen-bond acceptors (Lipinski definition) is 5. The van der Waals surface area contributed by atoms with E-state index in [1.54, 1.807) is 0 Å². The maximum absolute atomic E-state index is 5.94. The molecular weight excluding hydrogens is 276 g/mol. The van der Waals surface area contributed by atoms with Gasteiger partial charge >= 0.3 is 6.01 Å². The van der Waals surface area contributed by atoms with Crippen LogP contribution in [0.5, 0.6) is 6.01 Å². The second-order valence-electron chi connectivity index (χ2n) is 5.58. The summed E-state index contributed by atoms with van der Waals surface area (Å²) in [6, 6.07) is 0.700. The summed E-state index contributed by atoms with van der Waals surface area (Å²) < 4.78 is 5.49. The van der Waals surface area contributed by atoms with Gasteiger partial charge in [-0.1, -0.05) is 26.2 Å². The molecule has 2 atom stereocenters. The average molecular weight is 299 g/mol. The number of halogens is 1. The van der Waals surface area contributed by atoms with E-state index in [4.69, 9.17) is 16.3 Å². The molecule has 112 valence electrons. The van der Waals surface area contributed by atoms with Crippen molar-refractivity contribution in [2.45, 2.75) is 65.0 Å². The minimum absolute atomic E-state index is 0.0133. The van der Waals surface area contributed by atoms with Crippen LogP contribution in [0.25, 0.3) is 0 Å². The number of hydrogen-bond donors (Lipinski definition) is 1. The summed E-state index contributed by atoms with van der Waals surface area (Å²) in [5, 5.41) is 3.58. The van der Waals surface area contributed by atoms with Crippen molar-refractivity contribution < 1.29 is 4.74 Å². The monoisotopic (exact) mass is 298 g/mol. The molecule has 1 saturated carbocycles. The zero-order chi connectivity index (χ0) is 14.5. The third-order valence-corrected chi connectivity index (χ3v) is 3.85. The second kappa shape index (κ2) is 7.07. The lowest BCUT2D eigenvalue weighted by Gasteiger charge is -2.31. The normalized spacial score (nSPS) is 22.9. The summed E-state index contributed by atoms with van der Waals surface area (Å²) in [6.45, 7) is 6.09. The van der Waals surface area contributed by atoms with Crippen LogP contribution >= 0.6 is 11.6 Å². The molecule has 0 amide bonds. The molecule has 0 aromatic carbocycles. The standard InChI is InChI=1S/C14H23ClN4O/c1-4-10-7-5-6-8-11(10)16-13-17-12(15)18-14(19-13)20-9(2)3/h9-11H,4-8H2,1-3H3,(H,16,17,18,19). The molecule has 2 unspecified atom stereocenters. The maximum Gasteiger partial charge on any atom is 0.322 e. The first-order valence-corrected chi connectivity index (χ1v) is 7.81. The van der Waals surface area contributed by atoms with E-state index in [1.807, 2.05) is 13.8 Å². The van der Waals surface area contributed by atoms with Gasteiger partial charge in [0.2, 0.25) is 11.2 Å². The van der Waals surface area contributed by atoms with Crippen molar-refractivity contribution in [3.63, 3.8) is 0 Å². The molecule has 1 fully saturated rings. The van der Waals surface area contributed by atoms with Gasteiger partial charge in [-0.15, -0.1) is 0 Å². The molecule has 6 heteroatoms. The Morgan fingerprint density at radius 1 is 1.25 bits per heavy atom. The van der Waals surface area contributed by atoms with E-state index in [-0.39, 0.29) is 17.4 Å². The summed E-state index contributed by atoms with van der Waals surface area (Å²) in [7, 11) is 0. The summed E-state index contributed by atoms with van der Waals surface area (Å²) >= 11 is 5.94. The van der Waals surface area contributed by atoms with Gasteiger partial charge in [-0.25, -0.2) is 0 Å². The number of ether oxygens (including phenoxy) is 1. The van der Waals surface area contributed by atoms with Crippen LogP contribution in [-0.4, -0.2) is 27.1 Å². The molecule has 0 saturated heterocycles. The molecule has 1 aliphatic rings. The Bertz CT molecular complexity index is 441. The smallest absolute Gasteiger partial charge is 0.322 e. The molecule has 1 aromatic heterocycles. The fraction of sp³-hybridized carbons (Fsp3) is 0.786. The molecule has 0 aliphatic heterocycles. The number of nitrogens with one attached hydrogen (secondary N) is 1. The average Bonchev–Trinajstić information content (AvgIpc) is 2.37. The predicted molar refractivity (Wildman–Crippen MR) is 80.3 cm³/mol. The molecule has 1 N–H and O–H groups in total. The summed E-state index contributed by atoms with van der Waals surface area (Å²) in [4.78, 5) is 12.4. The lowest BCUT2D eigenvalue weighted by atomic mass is 9.83. The van der Waals surface area contributed by atoms with Gasteiger partial charge in [0.1, 0.15) is 0 Å². The predicted octanol–water partition coefficient (Wildman–Crippen LogP) is 3.69. The summed E-state index contributed by atoms with van der Waals surface area (Å²) in [6.07, 6.45) is 6.18. The van der Waals surface area contributed by atoms with E-state index in [9.17, 15) is 0 Å². The lowest BCUT2D eigenvalue weighted by Crippen LogP contribution is -2.32. The molecule has 1 aliphatic carbocycles. The van der Waals surface area contributed by atoms with Crippen LogP contribution in [0, 0.1) is 5.92 Å². The van der Waals surface area contributed by atoms with Gasteiger partial charge < -0.3 is 10.1 Å². The van der Waals surface area contributed by atoms with E-state index in [1.165, 1.54) is 25.7 Å². The molecule has 1 heterocycles. The van der Waals surface area contributed by atoms with Crippen LogP contribution in [0.2, 0.25) is 5.28 Å². The number of anilines is 1. The van der Waals surface area contributed by atoms with E-state index >= 15 is 0 Å². The lowest BCUT2D eigenvalue weighted by molar-refractivity contribution is 0.221. The van der Waals surface area contributed by atoms with Crippen molar-refractivity contribution >= 4 is 17.5 Å². The Morgan fingerprint density at radius 2 is 2.00 bits per heavy atom. The van der Waals surface area contributed by atoms with E-state index in [0.717, 1.165) is 6.42 Å². The van der Waals surface area contributed by atoms with E-state index in [2.05, 4.69) is 27.2 Å². The highest BCUT2D eigenvalue weighted by molar-refractivity contribution is 6.28. The van der Waals surface area contributed by atoms with Gasteiger partial charge in [-0.3, -0.25) is 0 Å². The molecular formula is C14H23ClN4O. The molecule has 0 bridgehead atoms. The van der Waals surface area contributed by atoms with Gasteiger partial charge in [0.05, 0.1) is 6.10 Å². The third kappa shape index (κ3) is 4.20. The van der Waals surface area contributed by atoms with Crippen molar-refractivity contribution in [3.8, 4) is 6.01 Å². The van der Waals surface area contributed by atoms with Gasteiger partial charge in [-0.05, 0) is 44.2 Å². The van der Waals surface area contributed by atoms with Gasteiger partial charge in [0.15, 0.2) is 0 Å². The van der Waals surface area contributed by atoms with Gasteiger partial charge in [-0.2, -0.15) is 15.0 Å². The van der Waals surface area contributed by atoms with Crippen LogP contribution in [0.3, 0.4) is 0 Å². The van der Waals surface area contributed by atoms with Crippen molar-refractivity contribution in [2.75, 3.05) is 5.32 Å². The topological polar surface area (TPSA) is 59.9 Å². The first kappa shape index (κ1) is 15.3. The van der Waals surface area contributed by atoms with Crippen LogP contribution in [0.4, 0.5) is 5.95 Å². The van der Waals surface area contributed by atoms with Crippen LogP contribution in [0.1, 0.15) is 52.9 Å². The van der Waals surface area contributed by atoms with Crippen molar-refractivity contribution in [3.05, 3.63) is 5.28 Å².